The van der Waals surface area contributed by atoms with Crippen LogP contribution in [0.2, 0.25) is 0 Å². The van der Waals surface area contributed by atoms with Crippen molar-refractivity contribution < 1.29 is 18.8 Å². The number of ether oxygens (including phenoxy) is 1. The fourth-order valence-electron chi connectivity index (χ4n) is 2.40. The summed E-state index contributed by atoms with van der Waals surface area (Å²) in [6.45, 7) is 3.62. The predicted molar refractivity (Wildman–Crippen MR) is 99.1 cm³/mol. The molecule has 8 nitrogen and oxygen atoms in total. The SMILES string of the molecule is COc1ccc(C)cc1NC(=O)c1cccc(C(=O)Nc2cc(C)on2)n1. The van der Waals surface area contributed by atoms with E-state index >= 15 is 0 Å². The Morgan fingerprint density at radius 1 is 1.00 bits per heavy atom. The van der Waals surface area contributed by atoms with Gasteiger partial charge in [-0.1, -0.05) is 17.3 Å². The monoisotopic (exact) mass is 366 g/mol. The highest BCUT2D eigenvalue weighted by Crippen LogP contribution is 2.25. The van der Waals surface area contributed by atoms with Crippen LogP contribution in [0.4, 0.5) is 11.5 Å². The van der Waals surface area contributed by atoms with Gasteiger partial charge in [0.15, 0.2) is 5.82 Å². The summed E-state index contributed by atoms with van der Waals surface area (Å²) in [5.74, 6) is 0.429. The third-order valence-electron chi connectivity index (χ3n) is 3.69. The Morgan fingerprint density at radius 3 is 2.33 bits per heavy atom. The lowest BCUT2D eigenvalue weighted by atomic mass is 10.2. The second-order valence-corrected chi connectivity index (χ2v) is 5.84. The first-order valence-electron chi connectivity index (χ1n) is 8.14. The summed E-state index contributed by atoms with van der Waals surface area (Å²) < 4.78 is 10.2. The van der Waals surface area contributed by atoms with E-state index in [4.69, 9.17) is 9.26 Å². The van der Waals surface area contributed by atoms with E-state index in [1.807, 2.05) is 13.0 Å². The smallest absolute Gasteiger partial charge is 0.275 e. The average molecular weight is 366 g/mol. The van der Waals surface area contributed by atoms with Crippen molar-refractivity contribution in [1.29, 1.82) is 0 Å². The summed E-state index contributed by atoms with van der Waals surface area (Å²) in [7, 11) is 1.52. The number of pyridine rings is 1. The van der Waals surface area contributed by atoms with E-state index in [9.17, 15) is 9.59 Å². The largest absolute Gasteiger partial charge is 0.495 e. The van der Waals surface area contributed by atoms with Gasteiger partial charge in [0.25, 0.3) is 11.8 Å². The van der Waals surface area contributed by atoms with Crippen LogP contribution in [-0.4, -0.2) is 29.1 Å². The van der Waals surface area contributed by atoms with Gasteiger partial charge in [0.1, 0.15) is 22.9 Å². The molecule has 0 unspecified atom stereocenters. The lowest BCUT2D eigenvalue weighted by molar-refractivity contribution is 0.101. The quantitative estimate of drug-likeness (QED) is 0.718. The maximum atomic E-state index is 12.5. The van der Waals surface area contributed by atoms with Crippen molar-refractivity contribution in [2.75, 3.05) is 17.7 Å². The molecule has 3 aromatic rings. The average Bonchev–Trinajstić information content (AvgIpc) is 3.06. The van der Waals surface area contributed by atoms with Gasteiger partial charge in [-0.05, 0) is 43.7 Å². The van der Waals surface area contributed by atoms with Gasteiger partial charge in [-0.3, -0.25) is 9.59 Å². The summed E-state index contributed by atoms with van der Waals surface area (Å²) in [6, 6.07) is 11.6. The zero-order valence-electron chi connectivity index (χ0n) is 15.1. The number of aryl methyl sites for hydroxylation is 2. The van der Waals surface area contributed by atoms with E-state index in [0.717, 1.165) is 5.56 Å². The Kier molecular flexibility index (Phi) is 5.16. The van der Waals surface area contributed by atoms with E-state index in [1.165, 1.54) is 19.2 Å². The molecule has 0 saturated carbocycles. The lowest BCUT2D eigenvalue weighted by Gasteiger charge is -2.11. The minimum atomic E-state index is -0.494. The number of carbonyl (C=O) groups excluding carboxylic acids is 2. The van der Waals surface area contributed by atoms with Crippen LogP contribution < -0.4 is 15.4 Å². The molecule has 27 heavy (non-hydrogen) atoms. The van der Waals surface area contributed by atoms with Gasteiger partial charge in [-0.15, -0.1) is 0 Å². The number of hydrogen-bond donors (Lipinski definition) is 2. The fourth-order valence-corrected chi connectivity index (χ4v) is 2.40. The molecule has 8 heteroatoms. The highest BCUT2D eigenvalue weighted by molar-refractivity contribution is 6.06. The molecule has 2 amide bonds. The van der Waals surface area contributed by atoms with Crippen LogP contribution in [0.5, 0.6) is 5.75 Å². The maximum Gasteiger partial charge on any atom is 0.275 e. The van der Waals surface area contributed by atoms with E-state index in [2.05, 4.69) is 20.8 Å². The van der Waals surface area contributed by atoms with Gasteiger partial charge in [-0.2, -0.15) is 0 Å². The first kappa shape index (κ1) is 18.1. The number of rotatable bonds is 5. The molecule has 1 aromatic carbocycles. The molecule has 0 aliphatic rings. The number of benzene rings is 1. The maximum absolute atomic E-state index is 12.5. The molecule has 0 saturated heterocycles. The molecule has 2 heterocycles. The highest BCUT2D eigenvalue weighted by Gasteiger charge is 2.15. The molecule has 0 aliphatic heterocycles. The molecule has 0 bridgehead atoms. The summed E-state index contributed by atoms with van der Waals surface area (Å²) in [4.78, 5) is 29.0. The lowest BCUT2D eigenvalue weighted by Crippen LogP contribution is -2.19. The Balaban J connectivity index is 1.77. The number of anilines is 2. The Bertz CT molecular complexity index is 997. The van der Waals surface area contributed by atoms with Crippen LogP contribution in [0, 0.1) is 13.8 Å². The van der Waals surface area contributed by atoms with Crippen LogP contribution >= 0.6 is 0 Å². The van der Waals surface area contributed by atoms with Gasteiger partial charge < -0.3 is 19.9 Å². The molecule has 0 spiro atoms. The highest BCUT2D eigenvalue weighted by atomic mass is 16.5. The molecule has 2 N–H and O–H groups in total. The molecule has 0 fully saturated rings. The zero-order chi connectivity index (χ0) is 19.4. The second kappa shape index (κ2) is 7.69. The molecule has 2 aromatic heterocycles. The molecule has 0 aliphatic carbocycles. The second-order valence-electron chi connectivity index (χ2n) is 5.84. The van der Waals surface area contributed by atoms with Crippen molar-refractivity contribution in [2.24, 2.45) is 0 Å². The van der Waals surface area contributed by atoms with Crippen molar-refractivity contribution in [3.8, 4) is 5.75 Å². The van der Waals surface area contributed by atoms with Crippen LogP contribution in [0.25, 0.3) is 0 Å². The first-order chi connectivity index (χ1) is 13.0. The van der Waals surface area contributed by atoms with Gasteiger partial charge in [0.05, 0.1) is 12.8 Å². The van der Waals surface area contributed by atoms with Crippen molar-refractivity contribution in [3.63, 3.8) is 0 Å². The zero-order valence-corrected chi connectivity index (χ0v) is 15.1. The van der Waals surface area contributed by atoms with Crippen molar-refractivity contribution in [2.45, 2.75) is 13.8 Å². The molecular weight excluding hydrogens is 348 g/mol. The summed E-state index contributed by atoms with van der Waals surface area (Å²) in [5, 5.41) is 9.01. The minimum Gasteiger partial charge on any atom is -0.495 e. The van der Waals surface area contributed by atoms with E-state index in [-0.39, 0.29) is 17.2 Å². The number of methoxy groups -OCH3 is 1. The predicted octanol–water partition coefficient (Wildman–Crippen LogP) is 3.20. The standard InChI is InChI=1S/C19H18N4O4/c1-11-7-8-16(26-3)15(9-11)21-18(24)13-5-4-6-14(20-13)19(25)22-17-10-12(2)27-23-17/h4-10H,1-3H3,(H,21,24)(H,22,23,25). The van der Waals surface area contributed by atoms with Gasteiger partial charge >= 0.3 is 0 Å². The molecule has 0 atom stereocenters. The van der Waals surface area contributed by atoms with E-state index < -0.39 is 11.8 Å². The Morgan fingerprint density at radius 2 is 1.70 bits per heavy atom. The van der Waals surface area contributed by atoms with Gasteiger partial charge in [0.2, 0.25) is 0 Å². The van der Waals surface area contributed by atoms with Crippen molar-refractivity contribution >= 4 is 23.3 Å². The Hall–Kier alpha value is -3.68. The van der Waals surface area contributed by atoms with Gasteiger partial charge in [0, 0.05) is 6.07 Å². The number of aromatic nitrogens is 2. The summed E-state index contributed by atoms with van der Waals surface area (Å²) in [6.07, 6.45) is 0. The first-order valence-corrected chi connectivity index (χ1v) is 8.14. The van der Waals surface area contributed by atoms with Crippen LogP contribution in [0.15, 0.2) is 47.0 Å². The Labute approximate surface area is 155 Å². The van der Waals surface area contributed by atoms with Crippen LogP contribution in [0.3, 0.4) is 0 Å². The molecule has 0 radical (unpaired) electrons. The third kappa shape index (κ3) is 4.30. The number of carbonyl (C=O) groups is 2. The number of amides is 2. The topological polar surface area (TPSA) is 106 Å². The third-order valence-corrected chi connectivity index (χ3v) is 3.69. The van der Waals surface area contributed by atoms with Crippen molar-refractivity contribution in [3.05, 3.63) is 65.2 Å². The van der Waals surface area contributed by atoms with Crippen LogP contribution in [0.1, 0.15) is 32.3 Å². The van der Waals surface area contributed by atoms with E-state index in [1.54, 1.807) is 31.2 Å². The molecule has 3 rings (SSSR count). The van der Waals surface area contributed by atoms with Gasteiger partial charge in [-0.25, -0.2) is 4.98 Å². The minimum absolute atomic E-state index is 0.0829. The number of hydrogen-bond acceptors (Lipinski definition) is 6. The number of nitrogens with zero attached hydrogens (tertiary/aromatic N) is 2. The van der Waals surface area contributed by atoms with E-state index in [0.29, 0.717) is 17.2 Å². The number of nitrogens with one attached hydrogen (secondary N) is 2. The fraction of sp³-hybridized carbons (Fsp3) is 0.158. The molecular formula is C19H18N4O4. The molecule has 138 valence electrons. The summed E-state index contributed by atoms with van der Waals surface area (Å²) in [5.41, 5.74) is 1.68. The van der Waals surface area contributed by atoms with Crippen molar-refractivity contribution in [1.82, 2.24) is 10.1 Å². The van der Waals surface area contributed by atoms with Crippen LogP contribution in [-0.2, 0) is 0 Å². The normalized spacial score (nSPS) is 10.3. The summed E-state index contributed by atoms with van der Waals surface area (Å²) >= 11 is 0.